The number of anilines is 1. The molecule has 156 valence electrons. The summed E-state index contributed by atoms with van der Waals surface area (Å²) >= 11 is 1.09. The van der Waals surface area contributed by atoms with Crippen LogP contribution in [0.4, 0.5) is 18.9 Å². The summed E-state index contributed by atoms with van der Waals surface area (Å²) in [6.07, 6.45) is -2.88. The lowest BCUT2D eigenvalue weighted by molar-refractivity contribution is -0.137. The number of nitrogens with zero attached hydrogens (tertiary/aromatic N) is 2. The second kappa shape index (κ2) is 8.74. The second-order valence-corrected chi connectivity index (χ2v) is 7.75. The highest BCUT2D eigenvalue weighted by atomic mass is 32.2. The number of carbonyl (C=O) groups is 1. The minimum absolute atomic E-state index is 0.228. The summed E-state index contributed by atoms with van der Waals surface area (Å²) in [6.45, 7) is 5.51. The summed E-state index contributed by atoms with van der Waals surface area (Å²) in [5.74, 6) is -0.424. The number of hydrogen-bond donors (Lipinski definition) is 1. The van der Waals surface area contributed by atoms with E-state index in [9.17, 15) is 22.8 Å². The molecule has 0 aliphatic carbocycles. The van der Waals surface area contributed by atoms with Gasteiger partial charge < -0.3 is 5.32 Å². The maximum Gasteiger partial charge on any atom is 0.416 e. The molecule has 0 aliphatic heterocycles. The fourth-order valence-electron chi connectivity index (χ4n) is 2.73. The van der Waals surface area contributed by atoms with Crippen LogP contribution < -0.4 is 10.9 Å². The summed E-state index contributed by atoms with van der Waals surface area (Å²) < 4.78 is 39.4. The number of allylic oxidation sites excluding steroid dienone is 1. The zero-order valence-corrected chi connectivity index (χ0v) is 16.8. The Hall–Kier alpha value is -3.07. The number of halogens is 3. The molecule has 0 radical (unpaired) electrons. The number of amides is 1. The maximum absolute atomic E-state index is 12.8. The highest BCUT2D eigenvalue weighted by Crippen LogP contribution is 2.30. The molecular formula is C21H18F3N3O2S. The first-order valence-electron chi connectivity index (χ1n) is 8.96. The average molecular weight is 433 g/mol. The monoisotopic (exact) mass is 433 g/mol. The van der Waals surface area contributed by atoms with E-state index in [1.807, 2.05) is 0 Å². The molecule has 30 heavy (non-hydrogen) atoms. The van der Waals surface area contributed by atoms with Crippen molar-refractivity contribution in [1.29, 1.82) is 0 Å². The molecule has 1 amide bonds. The third-order valence-electron chi connectivity index (χ3n) is 4.27. The van der Waals surface area contributed by atoms with Crippen molar-refractivity contribution in [2.75, 3.05) is 5.32 Å². The van der Waals surface area contributed by atoms with Crippen LogP contribution in [0.3, 0.4) is 0 Å². The van der Waals surface area contributed by atoms with Crippen molar-refractivity contribution in [3.05, 3.63) is 77.1 Å². The normalized spacial score (nSPS) is 12.5. The molecule has 0 bridgehead atoms. The van der Waals surface area contributed by atoms with E-state index in [4.69, 9.17) is 0 Å². The largest absolute Gasteiger partial charge is 0.416 e. The first kappa shape index (κ1) is 21.6. The van der Waals surface area contributed by atoms with E-state index >= 15 is 0 Å². The highest BCUT2D eigenvalue weighted by molar-refractivity contribution is 8.00. The maximum atomic E-state index is 12.8. The molecule has 0 fully saturated rings. The number of thioether (sulfide) groups is 1. The number of benzene rings is 2. The minimum atomic E-state index is -4.44. The quantitative estimate of drug-likeness (QED) is 0.347. The molecule has 3 rings (SSSR count). The predicted octanol–water partition coefficient (Wildman–Crippen LogP) is 4.72. The van der Waals surface area contributed by atoms with Crippen LogP contribution in [0.15, 0.2) is 71.1 Å². The molecular weight excluding hydrogens is 415 g/mol. The molecule has 1 N–H and O–H groups in total. The fraction of sp³-hybridized carbons (Fsp3) is 0.190. The molecule has 0 saturated heterocycles. The summed E-state index contributed by atoms with van der Waals surface area (Å²) in [7, 11) is 0. The van der Waals surface area contributed by atoms with Crippen molar-refractivity contribution < 1.29 is 18.0 Å². The number of nitrogens with one attached hydrogen (secondary N) is 1. The molecule has 1 unspecified atom stereocenters. The van der Waals surface area contributed by atoms with Gasteiger partial charge in [-0.2, -0.15) is 13.2 Å². The van der Waals surface area contributed by atoms with E-state index in [1.165, 1.54) is 16.7 Å². The van der Waals surface area contributed by atoms with E-state index in [0.29, 0.717) is 16.1 Å². The third-order valence-corrected chi connectivity index (χ3v) is 5.36. The Balaban J connectivity index is 1.81. The highest BCUT2D eigenvalue weighted by Gasteiger charge is 2.30. The lowest BCUT2D eigenvalue weighted by Gasteiger charge is -2.16. The van der Waals surface area contributed by atoms with E-state index in [2.05, 4.69) is 16.9 Å². The number of carbonyl (C=O) groups excluding carboxylic acids is 1. The first-order chi connectivity index (χ1) is 14.2. The number of para-hydroxylation sites is 1. The third kappa shape index (κ3) is 4.73. The van der Waals surface area contributed by atoms with Gasteiger partial charge in [0.25, 0.3) is 5.56 Å². The Kier molecular flexibility index (Phi) is 6.31. The smallest absolute Gasteiger partial charge is 0.325 e. The van der Waals surface area contributed by atoms with Gasteiger partial charge in [-0.15, -0.1) is 6.58 Å². The standard InChI is InChI=1S/C21H18F3N3O2S/c1-3-12-27-19(29)16-6-4-5-7-17(16)26-20(27)30-13(2)18(28)25-15-10-8-14(9-11-15)21(22,23)24/h3-11,13H,1,12H2,2H3,(H,25,28). The van der Waals surface area contributed by atoms with Crippen LogP contribution in [0.2, 0.25) is 0 Å². The van der Waals surface area contributed by atoms with Gasteiger partial charge in [0.1, 0.15) is 0 Å². The number of alkyl halides is 3. The van der Waals surface area contributed by atoms with Crippen LogP contribution in [0, 0.1) is 0 Å². The molecule has 5 nitrogen and oxygen atoms in total. The number of aromatic nitrogens is 2. The Morgan fingerprint density at radius 2 is 1.90 bits per heavy atom. The van der Waals surface area contributed by atoms with Crippen molar-refractivity contribution in [3.63, 3.8) is 0 Å². The number of rotatable bonds is 6. The van der Waals surface area contributed by atoms with E-state index in [0.717, 1.165) is 23.9 Å². The van der Waals surface area contributed by atoms with E-state index in [1.54, 1.807) is 37.3 Å². The lowest BCUT2D eigenvalue weighted by atomic mass is 10.2. The Morgan fingerprint density at radius 1 is 1.23 bits per heavy atom. The van der Waals surface area contributed by atoms with Crippen molar-refractivity contribution in [2.45, 2.75) is 30.1 Å². The van der Waals surface area contributed by atoms with Gasteiger partial charge in [-0.25, -0.2) is 4.98 Å². The zero-order chi connectivity index (χ0) is 21.9. The van der Waals surface area contributed by atoms with Crippen molar-refractivity contribution in [2.24, 2.45) is 0 Å². The number of fused-ring (bicyclic) bond motifs is 1. The molecule has 1 aromatic heterocycles. The SMILES string of the molecule is C=CCn1c(SC(C)C(=O)Nc2ccc(C(F)(F)F)cc2)nc2ccccc2c1=O. The molecule has 1 atom stereocenters. The summed E-state index contributed by atoms with van der Waals surface area (Å²) in [6, 6.07) is 11.1. The van der Waals surface area contributed by atoms with Gasteiger partial charge >= 0.3 is 6.18 Å². The Morgan fingerprint density at radius 3 is 2.53 bits per heavy atom. The summed E-state index contributed by atoms with van der Waals surface area (Å²) in [5, 5.41) is 2.74. The van der Waals surface area contributed by atoms with Crippen LogP contribution in [-0.4, -0.2) is 20.7 Å². The van der Waals surface area contributed by atoms with Gasteiger partial charge in [0.2, 0.25) is 5.91 Å². The van der Waals surface area contributed by atoms with E-state index in [-0.39, 0.29) is 17.8 Å². The molecule has 0 spiro atoms. The van der Waals surface area contributed by atoms with Crippen molar-refractivity contribution in [3.8, 4) is 0 Å². The minimum Gasteiger partial charge on any atom is -0.325 e. The van der Waals surface area contributed by atoms with Crippen LogP contribution in [0.25, 0.3) is 10.9 Å². The number of hydrogen-bond acceptors (Lipinski definition) is 4. The molecule has 1 heterocycles. The molecule has 0 saturated carbocycles. The predicted molar refractivity (Wildman–Crippen MR) is 112 cm³/mol. The topological polar surface area (TPSA) is 64.0 Å². The van der Waals surface area contributed by atoms with Crippen LogP contribution >= 0.6 is 11.8 Å². The van der Waals surface area contributed by atoms with Gasteiger partial charge in [0.05, 0.1) is 21.7 Å². The van der Waals surface area contributed by atoms with Crippen LogP contribution in [0.5, 0.6) is 0 Å². The van der Waals surface area contributed by atoms with Crippen molar-refractivity contribution >= 4 is 34.3 Å². The van der Waals surface area contributed by atoms with Gasteiger partial charge in [0.15, 0.2) is 5.16 Å². The second-order valence-electron chi connectivity index (χ2n) is 6.44. The Bertz CT molecular complexity index is 1140. The average Bonchev–Trinajstić information content (AvgIpc) is 2.70. The Labute approximate surface area is 174 Å². The zero-order valence-electron chi connectivity index (χ0n) is 15.9. The van der Waals surface area contributed by atoms with Gasteiger partial charge in [-0.05, 0) is 43.3 Å². The van der Waals surface area contributed by atoms with E-state index < -0.39 is 22.9 Å². The molecule has 2 aromatic carbocycles. The van der Waals surface area contributed by atoms with Gasteiger partial charge in [0, 0.05) is 12.2 Å². The first-order valence-corrected chi connectivity index (χ1v) is 9.84. The lowest BCUT2D eigenvalue weighted by Crippen LogP contribution is -2.26. The fourth-order valence-corrected chi connectivity index (χ4v) is 3.64. The summed E-state index contributed by atoms with van der Waals surface area (Å²) in [4.78, 5) is 29.8. The summed E-state index contributed by atoms with van der Waals surface area (Å²) in [5.41, 5.74) is -0.272. The molecule has 0 aliphatic rings. The molecule has 9 heteroatoms. The van der Waals surface area contributed by atoms with Gasteiger partial charge in [-0.3, -0.25) is 14.2 Å². The van der Waals surface area contributed by atoms with Crippen molar-refractivity contribution in [1.82, 2.24) is 9.55 Å². The van der Waals surface area contributed by atoms with Crippen LogP contribution in [0.1, 0.15) is 12.5 Å². The van der Waals surface area contributed by atoms with Crippen LogP contribution in [-0.2, 0) is 17.5 Å². The van der Waals surface area contributed by atoms with Gasteiger partial charge in [-0.1, -0.05) is 30.0 Å². The molecule has 3 aromatic rings.